The molecule has 1 rings (SSSR count). The van der Waals surface area contributed by atoms with E-state index >= 15 is 0 Å². The normalized spacial score (nSPS) is 15.7. The summed E-state index contributed by atoms with van der Waals surface area (Å²) < 4.78 is 0. The third kappa shape index (κ3) is 7.34. The van der Waals surface area contributed by atoms with Gasteiger partial charge in [0.2, 0.25) is 0 Å². The molecule has 0 radical (unpaired) electrons. The SMILES string of the molecule is CCN(CC)CCC1=[C-]C(C)(C)C(C)=C1C.[Cl-].[Cl-].[Cl-].[Ti+4]. The van der Waals surface area contributed by atoms with Crippen LogP contribution in [0.25, 0.3) is 0 Å². The zero-order chi connectivity index (χ0) is 12.3. The van der Waals surface area contributed by atoms with Crippen LogP contribution in [-0.2, 0) is 21.7 Å². The first-order valence-electron chi connectivity index (χ1n) is 6.47. The molecule has 0 aromatic heterocycles. The summed E-state index contributed by atoms with van der Waals surface area (Å²) in [5, 5.41) is 0. The average molecular weight is 375 g/mol. The smallest absolute Gasteiger partial charge is 1.00 e. The van der Waals surface area contributed by atoms with Gasteiger partial charge >= 0.3 is 21.7 Å². The fourth-order valence-electron chi connectivity index (χ4n) is 2.32. The van der Waals surface area contributed by atoms with Crippen LogP contribution in [0, 0.1) is 11.5 Å². The zero-order valence-electron chi connectivity index (χ0n) is 13.4. The van der Waals surface area contributed by atoms with E-state index in [1.54, 1.807) is 0 Å². The quantitative estimate of drug-likeness (QED) is 0.344. The molecule has 0 atom stereocenters. The molecule has 20 heavy (non-hydrogen) atoms. The van der Waals surface area contributed by atoms with E-state index in [9.17, 15) is 0 Å². The largest absolute Gasteiger partial charge is 4.00 e. The average Bonchev–Trinajstić information content (AvgIpc) is 2.44. The molecule has 0 aliphatic heterocycles. The van der Waals surface area contributed by atoms with Crippen LogP contribution in [-0.4, -0.2) is 24.5 Å². The second kappa shape index (κ2) is 12.6. The Kier molecular flexibility index (Phi) is 18.3. The molecule has 0 saturated heterocycles. The predicted octanol–water partition coefficient (Wildman–Crippen LogP) is -5.17. The van der Waals surface area contributed by atoms with Crippen molar-refractivity contribution >= 4 is 0 Å². The molecule has 1 nitrogen and oxygen atoms in total. The van der Waals surface area contributed by atoms with Crippen LogP contribution in [0.15, 0.2) is 16.7 Å². The molecular formula is C15H26Cl3NTi. The van der Waals surface area contributed by atoms with E-state index in [1.807, 2.05) is 0 Å². The molecule has 1 aliphatic rings. The van der Waals surface area contributed by atoms with Crippen LogP contribution >= 0.6 is 0 Å². The van der Waals surface area contributed by atoms with Gasteiger partial charge in [0, 0.05) is 0 Å². The predicted molar refractivity (Wildman–Crippen MR) is 71.3 cm³/mol. The summed E-state index contributed by atoms with van der Waals surface area (Å²) in [5.41, 5.74) is 4.55. The summed E-state index contributed by atoms with van der Waals surface area (Å²) >= 11 is 0. The van der Waals surface area contributed by atoms with E-state index in [0.29, 0.717) is 0 Å². The molecule has 0 heterocycles. The second-order valence-electron chi connectivity index (χ2n) is 5.26. The van der Waals surface area contributed by atoms with Crippen molar-refractivity contribution in [2.45, 2.75) is 48.0 Å². The van der Waals surface area contributed by atoms with Crippen molar-refractivity contribution in [3.8, 4) is 0 Å². The topological polar surface area (TPSA) is 3.24 Å². The summed E-state index contributed by atoms with van der Waals surface area (Å²) in [6.07, 6.45) is 4.80. The van der Waals surface area contributed by atoms with Crippen LogP contribution in [0.2, 0.25) is 0 Å². The van der Waals surface area contributed by atoms with Crippen LogP contribution in [0.1, 0.15) is 48.0 Å². The van der Waals surface area contributed by atoms with Gasteiger partial charge in [-0.15, -0.1) is 6.92 Å². The maximum atomic E-state index is 3.65. The summed E-state index contributed by atoms with van der Waals surface area (Å²) in [7, 11) is 0. The second-order valence-corrected chi connectivity index (χ2v) is 5.26. The van der Waals surface area contributed by atoms with Gasteiger partial charge in [0.25, 0.3) is 0 Å². The number of hydrogen-bond acceptors (Lipinski definition) is 1. The number of halogens is 3. The van der Waals surface area contributed by atoms with Crippen molar-refractivity contribution in [1.82, 2.24) is 4.90 Å². The maximum absolute atomic E-state index is 3.65. The monoisotopic (exact) mass is 373 g/mol. The number of nitrogens with zero attached hydrogens (tertiary/aromatic N) is 1. The van der Waals surface area contributed by atoms with Gasteiger partial charge in [0.15, 0.2) is 0 Å². The van der Waals surface area contributed by atoms with Crippen molar-refractivity contribution in [3.63, 3.8) is 0 Å². The molecule has 0 aromatic carbocycles. The summed E-state index contributed by atoms with van der Waals surface area (Å²) in [5.74, 6) is 0. The van der Waals surface area contributed by atoms with Gasteiger partial charge in [-0.2, -0.15) is 11.1 Å². The molecule has 5 heteroatoms. The Morgan fingerprint density at radius 1 is 1.00 bits per heavy atom. The Morgan fingerprint density at radius 2 is 1.45 bits per heavy atom. The van der Waals surface area contributed by atoms with Crippen molar-refractivity contribution in [3.05, 3.63) is 22.8 Å². The molecule has 0 amide bonds. The van der Waals surface area contributed by atoms with E-state index in [4.69, 9.17) is 0 Å². The fraction of sp³-hybridized carbons (Fsp3) is 0.733. The third-order valence-electron chi connectivity index (χ3n) is 3.99. The van der Waals surface area contributed by atoms with Crippen LogP contribution in [0.5, 0.6) is 0 Å². The Labute approximate surface area is 159 Å². The minimum atomic E-state index is 0. The molecule has 0 saturated carbocycles. The van der Waals surface area contributed by atoms with Gasteiger partial charge in [-0.1, -0.05) is 40.0 Å². The Morgan fingerprint density at radius 3 is 1.75 bits per heavy atom. The van der Waals surface area contributed by atoms with Gasteiger partial charge in [-0.05, 0) is 26.1 Å². The molecule has 0 spiro atoms. The van der Waals surface area contributed by atoms with E-state index in [0.717, 1.165) is 26.1 Å². The van der Waals surface area contributed by atoms with Crippen LogP contribution in [0.3, 0.4) is 0 Å². The van der Waals surface area contributed by atoms with E-state index in [-0.39, 0.29) is 64.4 Å². The van der Waals surface area contributed by atoms with Gasteiger partial charge in [0.1, 0.15) is 0 Å². The first-order chi connectivity index (χ1) is 7.42. The van der Waals surface area contributed by atoms with Crippen molar-refractivity contribution in [2.75, 3.05) is 19.6 Å². The summed E-state index contributed by atoms with van der Waals surface area (Å²) in [6, 6.07) is 0. The fourth-order valence-corrected chi connectivity index (χ4v) is 2.32. The summed E-state index contributed by atoms with van der Waals surface area (Å²) in [4.78, 5) is 2.47. The molecule has 0 N–H and O–H groups in total. The van der Waals surface area contributed by atoms with Gasteiger partial charge in [-0.25, -0.2) is 5.57 Å². The number of allylic oxidation sites excluding steroid dienone is 3. The molecule has 1 aliphatic carbocycles. The van der Waals surface area contributed by atoms with Crippen LogP contribution in [0.4, 0.5) is 0 Å². The van der Waals surface area contributed by atoms with Gasteiger partial charge < -0.3 is 42.1 Å². The molecule has 0 aromatic rings. The van der Waals surface area contributed by atoms with Gasteiger partial charge in [-0.3, -0.25) is 6.08 Å². The van der Waals surface area contributed by atoms with Crippen molar-refractivity contribution in [1.29, 1.82) is 0 Å². The Bertz CT molecular complexity index is 321. The standard InChI is InChI=1S/C15H26N.3ClH.Ti/c1-7-16(8-2)10-9-14-11-15(5,6)13(4)12(14)3;;;;/h7-10H2,1-6H3;3*1H;/q-1;;;;+4/p-3. The molecule has 116 valence electrons. The number of rotatable bonds is 5. The van der Waals surface area contributed by atoms with Crippen molar-refractivity contribution < 1.29 is 58.9 Å². The molecule has 0 fully saturated rings. The Balaban J connectivity index is -0.000000320. The first kappa shape index (κ1) is 29.1. The third-order valence-corrected chi connectivity index (χ3v) is 3.99. The van der Waals surface area contributed by atoms with E-state index < -0.39 is 0 Å². The summed E-state index contributed by atoms with van der Waals surface area (Å²) in [6.45, 7) is 16.9. The van der Waals surface area contributed by atoms with E-state index in [1.165, 1.54) is 16.7 Å². The molecular weight excluding hydrogens is 348 g/mol. The first-order valence-corrected chi connectivity index (χ1v) is 6.47. The number of hydrogen-bond donors (Lipinski definition) is 0. The molecule has 0 bridgehead atoms. The van der Waals surface area contributed by atoms with E-state index in [2.05, 4.69) is 52.5 Å². The van der Waals surface area contributed by atoms with Gasteiger partial charge in [0.05, 0.1) is 0 Å². The van der Waals surface area contributed by atoms with Crippen LogP contribution < -0.4 is 37.2 Å². The zero-order valence-corrected chi connectivity index (χ0v) is 17.2. The maximum Gasteiger partial charge on any atom is 4.00 e. The Hall–Kier alpha value is 1.02. The minimum absolute atomic E-state index is 0. The van der Waals surface area contributed by atoms with Crippen molar-refractivity contribution in [2.24, 2.45) is 5.41 Å². The minimum Gasteiger partial charge on any atom is -1.00 e. The molecule has 0 unspecified atom stereocenters.